The van der Waals surface area contributed by atoms with E-state index in [2.05, 4.69) is 13.0 Å². The lowest BCUT2D eigenvalue weighted by Crippen LogP contribution is -2.42. The Morgan fingerprint density at radius 1 is 1.12 bits per heavy atom. The summed E-state index contributed by atoms with van der Waals surface area (Å²) in [4.78, 5) is 28.6. The molecule has 1 atom stereocenters. The molecular formula is C20H20N2O3. The van der Waals surface area contributed by atoms with E-state index in [0.717, 1.165) is 17.8 Å². The number of ether oxygens (including phenoxy) is 1. The normalized spacial score (nSPS) is 18.6. The van der Waals surface area contributed by atoms with Crippen molar-refractivity contribution in [1.29, 1.82) is 0 Å². The summed E-state index contributed by atoms with van der Waals surface area (Å²) < 4.78 is 5.45. The average Bonchev–Trinajstić information content (AvgIpc) is 2.96. The fraction of sp³-hybridized carbons (Fsp3) is 0.300. The summed E-state index contributed by atoms with van der Waals surface area (Å²) in [5.74, 6) is 0.630. The number of nitrogens with zero attached hydrogens (tertiary/aromatic N) is 2. The summed E-state index contributed by atoms with van der Waals surface area (Å²) in [6.07, 6.45) is 1.17. The molecule has 0 N–H and O–H groups in total. The molecule has 0 saturated carbocycles. The van der Waals surface area contributed by atoms with E-state index in [9.17, 15) is 9.59 Å². The van der Waals surface area contributed by atoms with E-state index in [1.165, 1.54) is 5.56 Å². The van der Waals surface area contributed by atoms with Gasteiger partial charge in [-0.15, -0.1) is 0 Å². The molecule has 0 fully saturated rings. The molecule has 0 aromatic heterocycles. The molecule has 2 amide bonds. The summed E-state index contributed by atoms with van der Waals surface area (Å²) in [5, 5.41) is 0. The topological polar surface area (TPSA) is 49.9 Å². The summed E-state index contributed by atoms with van der Waals surface area (Å²) in [6.45, 7) is 2.45. The number of amides is 2. The first kappa shape index (κ1) is 15.7. The van der Waals surface area contributed by atoms with E-state index in [1.807, 2.05) is 47.4 Å². The van der Waals surface area contributed by atoms with Crippen molar-refractivity contribution in [3.8, 4) is 5.75 Å². The van der Waals surface area contributed by atoms with Gasteiger partial charge in [-0.05, 0) is 37.1 Å². The highest BCUT2D eigenvalue weighted by atomic mass is 16.5. The van der Waals surface area contributed by atoms with Crippen LogP contribution in [0, 0.1) is 0 Å². The van der Waals surface area contributed by atoms with E-state index in [0.29, 0.717) is 18.7 Å². The van der Waals surface area contributed by atoms with Gasteiger partial charge in [0.25, 0.3) is 5.91 Å². The first-order valence-corrected chi connectivity index (χ1v) is 8.57. The van der Waals surface area contributed by atoms with Crippen LogP contribution in [0.3, 0.4) is 0 Å². The van der Waals surface area contributed by atoms with Gasteiger partial charge < -0.3 is 14.5 Å². The Hall–Kier alpha value is -2.82. The van der Waals surface area contributed by atoms with Crippen LogP contribution in [-0.4, -0.2) is 31.0 Å². The van der Waals surface area contributed by atoms with Crippen LogP contribution in [0.15, 0.2) is 48.5 Å². The first-order chi connectivity index (χ1) is 12.1. The van der Waals surface area contributed by atoms with Crippen LogP contribution in [0.2, 0.25) is 0 Å². The smallest absolute Gasteiger partial charge is 0.265 e. The minimum absolute atomic E-state index is 0.0220. The van der Waals surface area contributed by atoms with Gasteiger partial charge in [0.15, 0.2) is 6.61 Å². The van der Waals surface area contributed by atoms with Gasteiger partial charge in [0.1, 0.15) is 5.75 Å². The number of para-hydroxylation sites is 3. The molecule has 1 unspecified atom stereocenters. The zero-order valence-corrected chi connectivity index (χ0v) is 14.1. The zero-order chi connectivity index (χ0) is 17.4. The van der Waals surface area contributed by atoms with E-state index in [-0.39, 0.29) is 24.5 Å². The van der Waals surface area contributed by atoms with Crippen LogP contribution in [0.1, 0.15) is 18.9 Å². The summed E-state index contributed by atoms with van der Waals surface area (Å²) in [7, 11) is 0. The summed E-state index contributed by atoms with van der Waals surface area (Å²) >= 11 is 0. The molecule has 4 rings (SSSR count). The Morgan fingerprint density at radius 3 is 2.68 bits per heavy atom. The molecule has 2 aliphatic heterocycles. The van der Waals surface area contributed by atoms with Crippen LogP contribution in [0.25, 0.3) is 0 Å². The second kappa shape index (κ2) is 6.24. The largest absolute Gasteiger partial charge is 0.482 e. The van der Waals surface area contributed by atoms with Crippen molar-refractivity contribution in [3.05, 3.63) is 54.1 Å². The highest BCUT2D eigenvalue weighted by Gasteiger charge is 2.32. The molecular weight excluding hydrogens is 316 g/mol. The fourth-order valence-corrected chi connectivity index (χ4v) is 3.67. The van der Waals surface area contributed by atoms with Crippen LogP contribution >= 0.6 is 0 Å². The predicted octanol–water partition coefficient (Wildman–Crippen LogP) is 2.78. The van der Waals surface area contributed by atoms with Crippen LogP contribution < -0.4 is 14.5 Å². The van der Waals surface area contributed by atoms with Crippen molar-refractivity contribution in [3.63, 3.8) is 0 Å². The van der Waals surface area contributed by atoms with Crippen molar-refractivity contribution in [1.82, 2.24) is 0 Å². The van der Waals surface area contributed by atoms with Crippen molar-refractivity contribution in [2.24, 2.45) is 0 Å². The third-order valence-corrected chi connectivity index (χ3v) is 4.83. The van der Waals surface area contributed by atoms with Gasteiger partial charge in [-0.1, -0.05) is 30.3 Å². The minimum Gasteiger partial charge on any atom is -0.482 e. The molecule has 0 saturated heterocycles. The van der Waals surface area contributed by atoms with Gasteiger partial charge >= 0.3 is 0 Å². The molecule has 2 aromatic carbocycles. The van der Waals surface area contributed by atoms with Crippen LogP contribution in [0.4, 0.5) is 11.4 Å². The molecule has 2 aromatic rings. The molecule has 2 heterocycles. The first-order valence-electron chi connectivity index (χ1n) is 8.57. The van der Waals surface area contributed by atoms with Crippen LogP contribution in [-0.2, 0) is 16.0 Å². The highest BCUT2D eigenvalue weighted by Crippen LogP contribution is 2.34. The van der Waals surface area contributed by atoms with Crippen LogP contribution in [0.5, 0.6) is 5.75 Å². The maximum atomic E-state index is 12.8. The van der Waals surface area contributed by atoms with E-state index in [1.54, 1.807) is 4.90 Å². The highest BCUT2D eigenvalue weighted by molar-refractivity contribution is 6.00. The number of hydrogen-bond acceptors (Lipinski definition) is 3. The molecule has 2 aliphatic rings. The van der Waals surface area contributed by atoms with Gasteiger partial charge in [0, 0.05) is 24.7 Å². The summed E-state index contributed by atoms with van der Waals surface area (Å²) in [6, 6.07) is 15.6. The molecule has 0 aliphatic carbocycles. The number of benzene rings is 2. The molecule has 5 heteroatoms. The quantitative estimate of drug-likeness (QED) is 0.866. The maximum Gasteiger partial charge on any atom is 0.265 e. The van der Waals surface area contributed by atoms with Gasteiger partial charge in [-0.25, -0.2) is 0 Å². The Balaban J connectivity index is 1.50. The molecule has 25 heavy (non-hydrogen) atoms. The van der Waals surface area contributed by atoms with Crippen molar-refractivity contribution >= 4 is 23.2 Å². The molecule has 128 valence electrons. The Morgan fingerprint density at radius 2 is 1.84 bits per heavy atom. The van der Waals surface area contributed by atoms with E-state index < -0.39 is 0 Å². The lowest BCUT2D eigenvalue weighted by atomic mass is 10.1. The molecule has 0 bridgehead atoms. The predicted molar refractivity (Wildman–Crippen MR) is 96.0 cm³/mol. The second-order valence-electron chi connectivity index (χ2n) is 6.50. The SMILES string of the molecule is CC1Cc2ccccc2N1C(=O)CCN1C(=O)COc2ccccc21. The third kappa shape index (κ3) is 2.76. The number of carbonyl (C=O) groups excluding carboxylic acids is 2. The van der Waals surface area contributed by atoms with Crippen molar-refractivity contribution < 1.29 is 14.3 Å². The van der Waals surface area contributed by atoms with Crippen molar-refractivity contribution in [2.45, 2.75) is 25.8 Å². The Bertz CT molecular complexity index is 833. The lowest BCUT2D eigenvalue weighted by Gasteiger charge is -2.30. The van der Waals surface area contributed by atoms with Gasteiger partial charge in [0.05, 0.1) is 5.69 Å². The average molecular weight is 336 g/mol. The maximum absolute atomic E-state index is 12.8. The van der Waals surface area contributed by atoms with Crippen molar-refractivity contribution in [2.75, 3.05) is 23.0 Å². The molecule has 5 nitrogen and oxygen atoms in total. The fourth-order valence-electron chi connectivity index (χ4n) is 3.67. The van der Waals surface area contributed by atoms with E-state index >= 15 is 0 Å². The second-order valence-corrected chi connectivity index (χ2v) is 6.50. The van der Waals surface area contributed by atoms with Gasteiger partial charge in [-0.2, -0.15) is 0 Å². The molecule has 0 spiro atoms. The standard InChI is InChI=1S/C20H20N2O3/c1-14-12-15-6-2-3-7-16(15)22(14)19(23)10-11-21-17-8-4-5-9-18(17)25-13-20(21)24/h2-9,14H,10-13H2,1H3. The summed E-state index contributed by atoms with van der Waals surface area (Å²) in [5.41, 5.74) is 2.94. The Labute approximate surface area is 146 Å². The monoisotopic (exact) mass is 336 g/mol. The van der Waals surface area contributed by atoms with Gasteiger partial charge in [-0.3, -0.25) is 9.59 Å². The molecule has 0 radical (unpaired) electrons. The number of hydrogen-bond donors (Lipinski definition) is 0. The minimum atomic E-state index is -0.110. The number of carbonyl (C=O) groups is 2. The Kier molecular flexibility index (Phi) is 3.92. The van der Waals surface area contributed by atoms with Gasteiger partial charge in [0.2, 0.25) is 5.91 Å². The number of fused-ring (bicyclic) bond motifs is 2. The third-order valence-electron chi connectivity index (χ3n) is 4.83. The zero-order valence-electron chi connectivity index (χ0n) is 14.1. The number of anilines is 2. The van der Waals surface area contributed by atoms with E-state index in [4.69, 9.17) is 4.74 Å². The number of rotatable bonds is 3. The lowest BCUT2D eigenvalue weighted by molar-refractivity contribution is -0.121.